The summed E-state index contributed by atoms with van der Waals surface area (Å²) in [6.07, 6.45) is 1.91. The van der Waals surface area contributed by atoms with E-state index in [4.69, 9.17) is 0 Å². The molecule has 0 aliphatic heterocycles. The molecule has 5 heteroatoms. The van der Waals surface area contributed by atoms with Crippen molar-refractivity contribution in [1.82, 2.24) is 20.0 Å². The van der Waals surface area contributed by atoms with Crippen LogP contribution in [0.1, 0.15) is 11.4 Å². The van der Waals surface area contributed by atoms with Gasteiger partial charge in [-0.1, -0.05) is 39.3 Å². The Bertz CT molecular complexity index is 705. The molecule has 1 aromatic carbocycles. The molecule has 2 aromatic heterocycles. The van der Waals surface area contributed by atoms with Crippen LogP contribution in [-0.4, -0.2) is 20.0 Å². The Kier molecular flexibility index (Phi) is 2.83. The number of pyridine rings is 1. The summed E-state index contributed by atoms with van der Waals surface area (Å²) in [5.41, 5.74) is 3.80. The molecule has 0 radical (unpaired) electrons. The SMILES string of the molecule is Cc1ccc2cccc(-n3cc(CBr)nn3)c2n1. The molecule has 0 amide bonds. The van der Waals surface area contributed by atoms with Gasteiger partial charge < -0.3 is 0 Å². The quantitative estimate of drug-likeness (QED) is 0.684. The number of aryl methyl sites for hydroxylation is 1. The van der Waals surface area contributed by atoms with Crippen molar-refractivity contribution in [2.45, 2.75) is 12.3 Å². The first-order chi connectivity index (χ1) is 8.78. The van der Waals surface area contributed by atoms with E-state index >= 15 is 0 Å². The van der Waals surface area contributed by atoms with Gasteiger partial charge in [0.1, 0.15) is 0 Å². The van der Waals surface area contributed by atoms with E-state index in [1.54, 1.807) is 4.68 Å². The van der Waals surface area contributed by atoms with Gasteiger partial charge in [-0.15, -0.1) is 5.10 Å². The van der Waals surface area contributed by atoms with Gasteiger partial charge in [-0.2, -0.15) is 0 Å². The molecule has 0 spiro atoms. The number of rotatable bonds is 2. The monoisotopic (exact) mass is 302 g/mol. The van der Waals surface area contributed by atoms with Gasteiger partial charge in [0.2, 0.25) is 0 Å². The first kappa shape index (κ1) is 11.3. The van der Waals surface area contributed by atoms with Gasteiger partial charge in [0, 0.05) is 16.4 Å². The molecule has 90 valence electrons. The van der Waals surface area contributed by atoms with Crippen molar-refractivity contribution in [3.63, 3.8) is 0 Å². The van der Waals surface area contributed by atoms with Crippen LogP contribution >= 0.6 is 15.9 Å². The Balaban J connectivity index is 2.24. The lowest BCUT2D eigenvalue weighted by atomic mass is 10.2. The lowest BCUT2D eigenvalue weighted by Crippen LogP contribution is -1.98. The minimum absolute atomic E-state index is 0.699. The fourth-order valence-corrected chi connectivity index (χ4v) is 2.15. The smallest absolute Gasteiger partial charge is 0.0962 e. The van der Waals surface area contributed by atoms with Crippen LogP contribution in [0.2, 0.25) is 0 Å². The third-order valence-corrected chi connectivity index (χ3v) is 3.34. The molecular formula is C13H11BrN4. The highest BCUT2D eigenvalue weighted by Crippen LogP contribution is 2.20. The van der Waals surface area contributed by atoms with Gasteiger partial charge >= 0.3 is 0 Å². The Labute approximate surface area is 113 Å². The Morgan fingerprint density at radius 1 is 1.22 bits per heavy atom. The topological polar surface area (TPSA) is 43.6 Å². The van der Waals surface area contributed by atoms with E-state index < -0.39 is 0 Å². The number of para-hydroxylation sites is 1. The second-order valence-corrected chi connectivity index (χ2v) is 4.65. The molecule has 0 bridgehead atoms. The summed E-state index contributed by atoms with van der Waals surface area (Å²) in [6, 6.07) is 10.1. The number of halogens is 1. The van der Waals surface area contributed by atoms with Crippen molar-refractivity contribution in [3.8, 4) is 5.69 Å². The van der Waals surface area contributed by atoms with Crippen LogP contribution in [0.3, 0.4) is 0 Å². The Morgan fingerprint density at radius 2 is 2.11 bits per heavy atom. The average Bonchev–Trinajstić information content (AvgIpc) is 2.86. The van der Waals surface area contributed by atoms with E-state index in [1.807, 2.05) is 37.4 Å². The predicted octanol–water partition coefficient (Wildman–Crippen LogP) is 3.02. The first-order valence-corrected chi connectivity index (χ1v) is 6.74. The molecule has 0 atom stereocenters. The second kappa shape index (κ2) is 4.49. The third-order valence-electron chi connectivity index (χ3n) is 2.76. The summed E-state index contributed by atoms with van der Waals surface area (Å²) in [6.45, 7) is 1.99. The van der Waals surface area contributed by atoms with Crippen molar-refractivity contribution in [2.75, 3.05) is 0 Å². The molecule has 0 fully saturated rings. The van der Waals surface area contributed by atoms with Gasteiger partial charge in [-0.05, 0) is 19.1 Å². The highest BCUT2D eigenvalue weighted by Gasteiger charge is 2.07. The van der Waals surface area contributed by atoms with Crippen LogP contribution in [0.15, 0.2) is 36.5 Å². The molecule has 3 aromatic rings. The number of nitrogens with zero attached hydrogens (tertiary/aromatic N) is 4. The maximum atomic E-state index is 4.59. The highest BCUT2D eigenvalue weighted by molar-refractivity contribution is 9.08. The predicted molar refractivity (Wildman–Crippen MR) is 74.0 cm³/mol. The number of aromatic nitrogens is 4. The van der Waals surface area contributed by atoms with Gasteiger partial charge in [-0.3, -0.25) is 4.98 Å². The van der Waals surface area contributed by atoms with Gasteiger partial charge in [0.05, 0.1) is 23.1 Å². The van der Waals surface area contributed by atoms with E-state index in [-0.39, 0.29) is 0 Å². The molecule has 0 saturated carbocycles. The zero-order valence-corrected chi connectivity index (χ0v) is 11.4. The summed E-state index contributed by atoms with van der Waals surface area (Å²) in [4.78, 5) is 4.59. The molecule has 0 N–H and O–H groups in total. The molecule has 4 nitrogen and oxygen atoms in total. The van der Waals surface area contributed by atoms with Crippen LogP contribution in [0.25, 0.3) is 16.6 Å². The van der Waals surface area contributed by atoms with E-state index in [0.29, 0.717) is 5.33 Å². The number of alkyl halides is 1. The molecule has 0 aliphatic rings. The van der Waals surface area contributed by atoms with E-state index in [2.05, 4.69) is 37.3 Å². The average molecular weight is 303 g/mol. The number of hydrogen-bond donors (Lipinski definition) is 0. The van der Waals surface area contributed by atoms with Crippen LogP contribution in [-0.2, 0) is 5.33 Å². The third kappa shape index (κ3) is 1.90. The summed E-state index contributed by atoms with van der Waals surface area (Å²) in [5, 5.41) is 10.0. The van der Waals surface area contributed by atoms with Crippen molar-refractivity contribution in [3.05, 3.63) is 47.9 Å². The lowest BCUT2D eigenvalue weighted by Gasteiger charge is -2.05. The van der Waals surface area contributed by atoms with Crippen LogP contribution in [0.4, 0.5) is 0 Å². The standard InChI is InChI=1S/C13H11BrN4/c1-9-5-6-10-3-2-4-12(13(10)15-9)18-8-11(7-14)16-17-18/h2-6,8H,7H2,1H3. The summed E-state index contributed by atoms with van der Waals surface area (Å²) >= 11 is 3.37. The summed E-state index contributed by atoms with van der Waals surface area (Å²) < 4.78 is 1.77. The zero-order chi connectivity index (χ0) is 12.5. The van der Waals surface area contributed by atoms with E-state index in [9.17, 15) is 0 Å². The fourth-order valence-electron chi connectivity index (χ4n) is 1.89. The molecule has 0 unspecified atom stereocenters. The largest absolute Gasteiger partial charge is 0.251 e. The number of hydrogen-bond acceptors (Lipinski definition) is 3. The molecule has 3 rings (SSSR count). The van der Waals surface area contributed by atoms with Gasteiger partial charge in [0.15, 0.2) is 0 Å². The minimum Gasteiger partial charge on any atom is -0.251 e. The van der Waals surface area contributed by atoms with Gasteiger partial charge in [0.25, 0.3) is 0 Å². The van der Waals surface area contributed by atoms with Crippen LogP contribution in [0.5, 0.6) is 0 Å². The molecular weight excluding hydrogens is 292 g/mol. The maximum absolute atomic E-state index is 4.59. The first-order valence-electron chi connectivity index (χ1n) is 5.62. The normalized spacial score (nSPS) is 11.0. The number of benzene rings is 1. The van der Waals surface area contributed by atoms with E-state index in [0.717, 1.165) is 28.0 Å². The minimum atomic E-state index is 0.699. The summed E-state index contributed by atoms with van der Waals surface area (Å²) in [5.74, 6) is 0. The highest BCUT2D eigenvalue weighted by atomic mass is 79.9. The molecule has 2 heterocycles. The van der Waals surface area contributed by atoms with Crippen molar-refractivity contribution >= 4 is 26.8 Å². The lowest BCUT2D eigenvalue weighted by molar-refractivity contribution is 0.803. The van der Waals surface area contributed by atoms with Crippen molar-refractivity contribution in [2.24, 2.45) is 0 Å². The maximum Gasteiger partial charge on any atom is 0.0962 e. The Morgan fingerprint density at radius 3 is 2.89 bits per heavy atom. The van der Waals surface area contributed by atoms with Crippen molar-refractivity contribution in [1.29, 1.82) is 0 Å². The fraction of sp³-hybridized carbons (Fsp3) is 0.154. The van der Waals surface area contributed by atoms with Crippen LogP contribution < -0.4 is 0 Å². The zero-order valence-electron chi connectivity index (χ0n) is 9.84. The molecule has 18 heavy (non-hydrogen) atoms. The second-order valence-electron chi connectivity index (χ2n) is 4.09. The molecule has 0 saturated heterocycles. The van der Waals surface area contributed by atoms with Crippen LogP contribution in [0, 0.1) is 6.92 Å². The van der Waals surface area contributed by atoms with Gasteiger partial charge in [-0.25, -0.2) is 4.68 Å². The van der Waals surface area contributed by atoms with E-state index in [1.165, 1.54) is 0 Å². The molecule has 0 aliphatic carbocycles. The number of fused-ring (bicyclic) bond motifs is 1. The Hall–Kier alpha value is -1.75. The van der Waals surface area contributed by atoms with Crippen molar-refractivity contribution < 1.29 is 0 Å². The summed E-state index contributed by atoms with van der Waals surface area (Å²) in [7, 11) is 0.